The Morgan fingerprint density at radius 2 is 1.89 bits per heavy atom. The van der Waals surface area contributed by atoms with Crippen LogP contribution in [0.5, 0.6) is 0 Å². The minimum Gasteiger partial charge on any atom is -0.365 e. The van der Waals surface area contributed by atoms with E-state index >= 15 is 0 Å². The molecular weight excluding hydrogens is 456 g/mol. The number of aromatic nitrogens is 2. The summed E-state index contributed by atoms with van der Waals surface area (Å²) in [5, 5.41) is 1.05. The third-order valence-corrected chi connectivity index (χ3v) is 8.55. The molecule has 7 nitrogen and oxygen atoms in total. The van der Waals surface area contributed by atoms with E-state index in [0.717, 1.165) is 78.8 Å². The number of benzene rings is 1. The quantitative estimate of drug-likeness (QED) is 0.532. The van der Waals surface area contributed by atoms with Crippen LogP contribution >= 0.6 is 11.3 Å². The van der Waals surface area contributed by atoms with Crippen molar-refractivity contribution in [3.05, 3.63) is 46.6 Å². The van der Waals surface area contributed by atoms with Gasteiger partial charge in [-0.1, -0.05) is 19.1 Å². The molecule has 186 valence electrons. The van der Waals surface area contributed by atoms with E-state index in [4.69, 9.17) is 0 Å². The fraction of sp³-hybridized carbons (Fsp3) is 0.519. The normalized spacial score (nSPS) is 19.5. The highest BCUT2D eigenvalue weighted by molar-refractivity contribution is 7.20. The molecule has 1 aromatic carbocycles. The number of thiophene rings is 1. The molecule has 1 atom stereocenters. The summed E-state index contributed by atoms with van der Waals surface area (Å²) in [6.45, 7) is 16.1. The molecule has 2 saturated heterocycles. The van der Waals surface area contributed by atoms with Crippen LogP contribution in [0.1, 0.15) is 41.1 Å². The molecule has 1 unspecified atom stereocenters. The summed E-state index contributed by atoms with van der Waals surface area (Å²) >= 11 is 1.52. The van der Waals surface area contributed by atoms with Gasteiger partial charge in [0.15, 0.2) is 0 Å². The zero-order chi connectivity index (χ0) is 24.5. The average Bonchev–Trinajstić information content (AvgIpc) is 3.21. The van der Waals surface area contributed by atoms with Gasteiger partial charge in [-0.25, -0.2) is 9.97 Å². The minimum absolute atomic E-state index is 0.125. The van der Waals surface area contributed by atoms with Gasteiger partial charge in [0.1, 0.15) is 17.0 Å². The maximum atomic E-state index is 13.7. The first-order chi connectivity index (χ1) is 17.0. The van der Waals surface area contributed by atoms with Crippen LogP contribution in [0.15, 0.2) is 30.6 Å². The predicted octanol–water partition coefficient (Wildman–Crippen LogP) is 4.19. The summed E-state index contributed by atoms with van der Waals surface area (Å²) in [6, 6.07) is 8.89. The molecular formula is C27H36N6OS. The summed E-state index contributed by atoms with van der Waals surface area (Å²) in [6.07, 6.45) is 2.84. The highest BCUT2D eigenvalue weighted by Gasteiger charge is 2.31. The Labute approximate surface area is 212 Å². The van der Waals surface area contributed by atoms with Gasteiger partial charge in [-0.15, -0.1) is 11.3 Å². The standard InChI is InChI=1S/C27H36N6OS/c1-5-9-30-10-12-31(13-11-30)25-23-21(4)24(35-26(23)29-18-28-25)27(34)32-14-15-33(20(3)17-32)22-8-6-7-19(2)16-22/h6-8,16,18,20H,5,9-15,17H2,1-4H3. The van der Waals surface area contributed by atoms with Crippen LogP contribution in [0.2, 0.25) is 0 Å². The van der Waals surface area contributed by atoms with Crippen LogP contribution in [0, 0.1) is 13.8 Å². The number of anilines is 2. The minimum atomic E-state index is 0.125. The molecule has 8 heteroatoms. The number of piperazine rings is 2. The lowest BCUT2D eigenvalue weighted by atomic mass is 10.1. The Morgan fingerprint density at radius 3 is 2.60 bits per heavy atom. The molecule has 0 aliphatic carbocycles. The van der Waals surface area contributed by atoms with Crippen LogP contribution in [0.4, 0.5) is 11.5 Å². The van der Waals surface area contributed by atoms with E-state index < -0.39 is 0 Å². The maximum Gasteiger partial charge on any atom is 0.264 e. The molecule has 1 amide bonds. The molecule has 0 spiro atoms. The Hall–Kier alpha value is -2.71. The van der Waals surface area contributed by atoms with Gasteiger partial charge in [0.2, 0.25) is 0 Å². The molecule has 4 heterocycles. The molecule has 0 bridgehead atoms. The molecule has 0 saturated carbocycles. The van der Waals surface area contributed by atoms with E-state index in [1.54, 1.807) is 6.33 Å². The summed E-state index contributed by atoms with van der Waals surface area (Å²) in [5.74, 6) is 1.11. The van der Waals surface area contributed by atoms with Gasteiger partial charge in [-0.2, -0.15) is 0 Å². The number of aryl methyl sites for hydroxylation is 2. The Balaban J connectivity index is 1.35. The fourth-order valence-electron chi connectivity index (χ4n) is 5.47. The van der Waals surface area contributed by atoms with E-state index in [0.29, 0.717) is 0 Å². The molecule has 2 aliphatic heterocycles. The molecule has 3 aromatic rings. The van der Waals surface area contributed by atoms with Gasteiger partial charge in [-0.3, -0.25) is 9.69 Å². The third-order valence-electron chi connectivity index (χ3n) is 7.36. The molecule has 2 aliphatic rings. The second-order valence-electron chi connectivity index (χ2n) is 9.89. The van der Waals surface area contributed by atoms with Gasteiger partial charge in [0.25, 0.3) is 5.91 Å². The number of rotatable bonds is 5. The molecule has 0 N–H and O–H groups in total. The van der Waals surface area contributed by atoms with Crippen molar-refractivity contribution in [3.8, 4) is 0 Å². The molecule has 2 aromatic heterocycles. The van der Waals surface area contributed by atoms with Crippen molar-refractivity contribution >= 4 is 39.0 Å². The van der Waals surface area contributed by atoms with Gasteiger partial charge in [0, 0.05) is 57.5 Å². The van der Waals surface area contributed by atoms with Crippen molar-refractivity contribution in [3.63, 3.8) is 0 Å². The SMILES string of the molecule is CCCN1CCN(c2ncnc3sc(C(=O)N4CCN(c5cccc(C)c5)C(C)C4)c(C)c23)CC1. The Bertz CT molecular complexity index is 1200. The second-order valence-corrected chi connectivity index (χ2v) is 10.9. The molecule has 35 heavy (non-hydrogen) atoms. The van der Waals surface area contributed by atoms with Crippen molar-refractivity contribution in [1.29, 1.82) is 0 Å². The lowest BCUT2D eigenvalue weighted by molar-refractivity contribution is 0.0730. The van der Waals surface area contributed by atoms with Gasteiger partial charge >= 0.3 is 0 Å². The van der Waals surface area contributed by atoms with Gasteiger partial charge in [0.05, 0.1) is 10.3 Å². The molecule has 0 radical (unpaired) electrons. The topological polar surface area (TPSA) is 55.8 Å². The van der Waals surface area contributed by atoms with E-state index in [1.807, 2.05) is 4.90 Å². The number of fused-ring (bicyclic) bond motifs is 1. The predicted molar refractivity (Wildman–Crippen MR) is 145 cm³/mol. The molecule has 5 rings (SSSR count). The number of carbonyl (C=O) groups is 1. The number of amides is 1. The average molecular weight is 493 g/mol. The van der Waals surface area contributed by atoms with Crippen molar-refractivity contribution in [1.82, 2.24) is 19.8 Å². The van der Waals surface area contributed by atoms with Crippen LogP contribution in [0.25, 0.3) is 10.2 Å². The zero-order valence-electron chi connectivity index (χ0n) is 21.3. The van der Waals surface area contributed by atoms with Gasteiger partial charge < -0.3 is 14.7 Å². The molecule has 2 fully saturated rings. The van der Waals surface area contributed by atoms with Crippen molar-refractivity contribution in [2.24, 2.45) is 0 Å². The van der Waals surface area contributed by atoms with Crippen LogP contribution < -0.4 is 9.80 Å². The highest BCUT2D eigenvalue weighted by Crippen LogP contribution is 2.36. The van der Waals surface area contributed by atoms with Gasteiger partial charge in [-0.05, 0) is 57.0 Å². The van der Waals surface area contributed by atoms with E-state index in [2.05, 4.69) is 76.6 Å². The van der Waals surface area contributed by atoms with Crippen LogP contribution in [-0.2, 0) is 0 Å². The summed E-state index contributed by atoms with van der Waals surface area (Å²) < 4.78 is 0. The smallest absolute Gasteiger partial charge is 0.264 e. The van der Waals surface area contributed by atoms with E-state index in [-0.39, 0.29) is 11.9 Å². The Morgan fingerprint density at radius 1 is 1.09 bits per heavy atom. The first-order valence-corrected chi connectivity index (χ1v) is 13.6. The number of hydrogen-bond acceptors (Lipinski definition) is 7. The zero-order valence-corrected chi connectivity index (χ0v) is 22.1. The number of carbonyl (C=O) groups excluding carboxylic acids is 1. The highest BCUT2D eigenvalue weighted by atomic mass is 32.1. The summed E-state index contributed by atoms with van der Waals surface area (Å²) in [5.41, 5.74) is 3.52. The number of hydrogen-bond donors (Lipinski definition) is 0. The first-order valence-electron chi connectivity index (χ1n) is 12.8. The van der Waals surface area contributed by atoms with E-state index in [1.165, 1.54) is 29.0 Å². The van der Waals surface area contributed by atoms with Crippen molar-refractivity contribution in [2.75, 3.05) is 62.2 Å². The largest absolute Gasteiger partial charge is 0.365 e. The van der Waals surface area contributed by atoms with Crippen LogP contribution in [0.3, 0.4) is 0 Å². The second kappa shape index (κ2) is 10.1. The lowest BCUT2D eigenvalue weighted by Crippen LogP contribution is -2.53. The summed E-state index contributed by atoms with van der Waals surface area (Å²) in [7, 11) is 0. The van der Waals surface area contributed by atoms with Crippen molar-refractivity contribution in [2.45, 2.75) is 40.2 Å². The fourth-order valence-corrected chi connectivity index (χ4v) is 6.58. The number of nitrogens with zero attached hydrogens (tertiary/aromatic N) is 6. The summed E-state index contributed by atoms with van der Waals surface area (Å²) in [4.78, 5) is 34.0. The Kier molecular flexibility index (Phi) is 6.93. The lowest BCUT2D eigenvalue weighted by Gasteiger charge is -2.41. The maximum absolute atomic E-state index is 13.7. The van der Waals surface area contributed by atoms with E-state index in [9.17, 15) is 4.79 Å². The van der Waals surface area contributed by atoms with Crippen molar-refractivity contribution < 1.29 is 4.79 Å². The monoisotopic (exact) mass is 492 g/mol. The third kappa shape index (κ3) is 4.74. The van der Waals surface area contributed by atoms with Crippen LogP contribution in [-0.4, -0.2) is 84.1 Å². The first kappa shape index (κ1) is 24.0.